The first-order valence-electron chi connectivity index (χ1n) is 11.6. The topological polar surface area (TPSA) is 86.8 Å². The summed E-state index contributed by atoms with van der Waals surface area (Å²) in [4.78, 5) is 28.2. The molecule has 35 heavy (non-hydrogen) atoms. The van der Waals surface area contributed by atoms with Crippen molar-refractivity contribution in [3.63, 3.8) is 0 Å². The molecule has 190 valence electrons. The molecule has 0 aromatic heterocycles. The fraction of sp³-hybridized carbons (Fsp3) is 0.440. The molecule has 1 N–H and O–H groups in total. The molecule has 10 heteroatoms. The van der Waals surface area contributed by atoms with Crippen LogP contribution in [0.1, 0.15) is 44.6 Å². The Labute approximate surface area is 221 Å². The van der Waals surface area contributed by atoms with Crippen molar-refractivity contribution in [2.75, 3.05) is 17.1 Å². The first-order chi connectivity index (χ1) is 16.5. The Balaban J connectivity index is 1.86. The lowest BCUT2D eigenvalue weighted by Crippen LogP contribution is -2.52. The van der Waals surface area contributed by atoms with E-state index in [1.165, 1.54) is 11.3 Å². The summed E-state index contributed by atoms with van der Waals surface area (Å²) >= 11 is 9.40. The largest absolute Gasteiger partial charge is 0.352 e. The van der Waals surface area contributed by atoms with Crippen molar-refractivity contribution in [2.24, 2.45) is 0 Å². The molecule has 1 atom stereocenters. The molecule has 1 unspecified atom stereocenters. The summed E-state index contributed by atoms with van der Waals surface area (Å²) < 4.78 is 27.0. The van der Waals surface area contributed by atoms with Crippen molar-refractivity contribution < 1.29 is 18.0 Å². The Bertz CT molecular complexity index is 1140. The molecular formula is C25H31BrClN3O4S. The van der Waals surface area contributed by atoms with Crippen LogP contribution in [-0.2, 0) is 26.2 Å². The van der Waals surface area contributed by atoms with Gasteiger partial charge in [-0.15, -0.1) is 0 Å². The number of sulfonamides is 1. The molecule has 0 bridgehead atoms. The second-order valence-corrected chi connectivity index (χ2v) is 12.2. The molecule has 2 aromatic rings. The monoisotopic (exact) mass is 583 g/mol. The van der Waals surface area contributed by atoms with Crippen molar-refractivity contribution in [3.05, 3.63) is 63.6 Å². The summed E-state index contributed by atoms with van der Waals surface area (Å²) in [6.07, 6.45) is 6.22. The molecule has 1 saturated carbocycles. The number of anilines is 1. The lowest BCUT2D eigenvalue weighted by Gasteiger charge is -2.33. The number of hydrogen-bond donors (Lipinski definition) is 1. The van der Waals surface area contributed by atoms with Crippen LogP contribution in [-0.4, -0.2) is 50.0 Å². The second kappa shape index (κ2) is 12.2. The molecule has 0 spiro atoms. The third kappa shape index (κ3) is 7.95. The Morgan fingerprint density at radius 1 is 1.11 bits per heavy atom. The van der Waals surface area contributed by atoms with Gasteiger partial charge in [-0.2, -0.15) is 0 Å². The number of halogens is 2. The maximum atomic E-state index is 13.6. The van der Waals surface area contributed by atoms with Crippen LogP contribution in [0.25, 0.3) is 0 Å². The third-order valence-corrected chi connectivity index (χ3v) is 8.04. The van der Waals surface area contributed by atoms with Crippen LogP contribution in [0.15, 0.2) is 53.0 Å². The van der Waals surface area contributed by atoms with E-state index in [1.807, 2.05) is 24.3 Å². The van der Waals surface area contributed by atoms with Gasteiger partial charge in [-0.3, -0.25) is 13.9 Å². The van der Waals surface area contributed by atoms with Gasteiger partial charge >= 0.3 is 0 Å². The highest BCUT2D eigenvalue weighted by Gasteiger charge is 2.31. The number of nitrogens with one attached hydrogen (secondary N) is 1. The first-order valence-corrected chi connectivity index (χ1v) is 14.6. The fourth-order valence-corrected chi connectivity index (χ4v) is 5.63. The number of hydrogen-bond acceptors (Lipinski definition) is 4. The SMILES string of the molecule is CC(C(=O)NC1CCCCC1)N(Cc1cccc(Br)c1)C(=O)CN(c1ccc(Cl)cc1)S(C)(=O)=O. The van der Waals surface area contributed by atoms with E-state index < -0.39 is 28.5 Å². The quantitative estimate of drug-likeness (QED) is 0.462. The van der Waals surface area contributed by atoms with E-state index in [2.05, 4.69) is 21.2 Å². The van der Waals surface area contributed by atoms with Gasteiger partial charge in [0.15, 0.2) is 0 Å². The van der Waals surface area contributed by atoms with Crippen LogP contribution in [0.5, 0.6) is 0 Å². The molecule has 3 rings (SSSR count). The zero-order valence-corrected chi connectivity index (χ0v) is 23.1. The highest BCUT2D eigenvalue weighted by atomic mass is 79.9. The van der Waals surface area contributed by atoms with Crippen LogP contribution < -0.4 is 9.62 Å². The van der Waals surface area contributed by atoms with E-state index >= 15 is 0 Å². The standard InChI is InChI=1S/C25H31BrClN3O4S/c1-18(25(32)28-22-9-4-3-5-10-22)29(16-19-7-6-8-20(26)15-19)24(31)17-30(35(2,33)34)23-13-11-21(27)12-14-23/h6-8,11-15,18,22H,3-5,9-10,16-17H2,1-2H3,(H,28,32). The number of amides is 2. The van der Waals surface area contributed by atoms with Crippen molar-refractivity contribution in [3.8, 4) is 0 Å². The minimum Gasteiger partial charge on any atom is -0.352 e. The lowest BCUT2D eigenvalue weighted by molar-refractivity contribution is -0.139. The smallest absolute Gasteiger partial charge is 0.244 e. The molecule has 2 aromatic carbocycles. The number of benzene rings is 2. The normalized spacial score (nSPS) is 15.3. The number of nitrogens with zero attached hydrogens (tertiary/aromatic N) is 2. The zero-order chi connectivity index (χ0) is 25.6. The summed E-state index contributed by atoms with van der Waals surface area (Å²) in [7, 11) is -3.77. The molecular weight excluding hydrogens is 554 g/mol. The van der Waals surface area contributed by atoms with E-state index in [0.717, 1.165) is 46.3 Å². The summed E-state index contributed by atoms with van der Waals surface area (Å²) in [6.45, 7) is 1.41. The zero-order valence-electron chi connectivity index (χ0n) is 19.9. The van der Waals surface area contributed by atoms with E-state index in [9.17, 15) is 18.0 Å². The summed E-state index contributed by atoms with van der Waals surface area (Å²) in [5, 5.41) is 3.54. The minimum atomic E-state index is -3.77. The molecule has 0 saturated heterocycles. The van der Waals surface area contributed by atoms with E-state index in [0.29, 0.717) is 10.7 Å². The summed E-state index contributed by atoms with van der Waals surface area (Å²) in [6, 6.07) is 13.0. The predicted molar refractivity (Wildman–Crippen MR) is 143 cm³/mol. The molecule has 1 aliphatic rings. The van der Waals surface area contributed by atoms with Crippen LogP contribution in [0.3, 0.4) is 0 Å². The fourth-order valence-electron chi connectivity index (χ4n) is 4.20. The number of rotatable bonds is 9. The molecule has 0 aliphatic heterocycles. The Hall–Kier alpha value is -2.10. The summed E-state index contributed by atoms with van der Waals surface area (Å²) in [5.41, 5.74) is 1.15. The maximum absolute atomic E-state index is 13.6. The molecule has 0 radical (unpaired) electrons. The van der Waals surface area contributed by atoms with Crippen molar-refractivity contribution in [2.45, 2.75) is 57.7 Å². The van der Waals surface area contributed by atoms with Crippen molar-refractivity contribution in [1.29, 1.82) is 0 Å². The van der Waals surface area contributed by atoms with Gasteiger partial charge in [-0.1, -0.05) is 58.9 Å². The third-order valence-electron chi connectivity index (χ3n) is 6.15. The molecule has 2 amide bonds. The van der Waals surface area contributed by atoms with Gasteiger partial charge in [0, 0.05) is 22.1 Å². The van der Waals surface area contributed by atoms with Gasteiger partial charge in [0.2, 0.25) is 21.8 Å². The average molecular weight is 585 g/mol. The molecule has 7 nitrogen and oxygen atoms in total. The minimum absolute atomic E-state index is 0.100. The van der Waals surface area contributed by atoms with Gasteiger partial charge in [0.05, 0.1) is 11.9 Å². The van der Waals surface area contributed by atoms with Crippen LogP contribution >= 0.6 is 27.5 Å². The van der Waals surface area contributed by atoms with Crippen molar-refractivity contribution >= 4 is 55.1 Å². The highest BCUT2D eigenvalue weighted by Crippen LogP contribution is 2.22. The van der Waals surface area contributed by atoms with Crippen molar-refractivity contribution in [1.82, 2.24) is 10.2 Å². The van der Waals surface area contributed by atoms with Gasteiger partial charge < -0.3 is 10.2 Å². The molecule has 0 heterocycles. The van der Waals surface area contributed by atoms with Gasteiger partial charge in [-0.25, -0.2) is 8.42 Å². The highest BCUT2D eigenvalue weighted by molar-refractivity contribution is 9.10. The Morgan fingerprint density at radius 3 is 2.37 bits per heavy atom. The van der Waals surface area contributed by atoms with E-state index in [-0.39, 0.29) is 18.5 Å². The van der Waals surface area contributed by atoms with Crippen LogP contribution in [0, 0.1) is 0 Å². The molecule has 1 aliphatic carbocycles. The molecule has 1 fully saturated rings. The van der Waals surface area contributed by atoms with Crippen LogP contribution in [0.4, 0.5) is 5.69 Å². The van der Waals surface area contributed by atoms with Gasteiger partial charge in [0.25, 0.3) is 0 Å². The van der Waals surface area contributed by atoms with Gasteiger partial charge in [-0.05, 0) is 61.7 Å². The maximum Gasteiger partial charge on any atom is 0.244 e. The average Bonchev–Trinajstić information content (AvgIpc) is 2.81. The predicted octanol–water partition coefficient (Wildman–Crippen LogP) is 4.73. The van der Waals surface area contributed by atoms with E-state index in [4.69, 9.17) is 11.6 Å². The lowest BCUT2D eigenvalue weighted by atomic mass is 9.95. The van der Waals surface area contributed by atoms with E-state index in [1.54, 1.807) is 31.2 Å². The second-order valence-electron chi connectivity index (χ2n) is 8.92. The summed E-state index contributed by atoms with van der Waals surface area (Å²) in [5.74, 6) is -0.714. The van der Waals surface area contributed by atoms with Gasteiger partial charge in [0.1, 0.15) is 12.6 Å². The number of carbonyl (C=O) groups excluding carboxylic acids is 2. The van der Waals surface area contributed by atoms with Crippen LogP contribution in [0.2, 0.25) is 5.02 Å². The first kappa shape index (κ1) is 27.5. The Kier molecular flexibility index (Phi) is 9.61. The number of carbonyl (C=O) groups is 2. The Morgan fingerprint density at radius 2 is 1.77 bits per heavy atom.